The van der Waals surface area contributed by atoms with E-state index in [9.17, 15) is 0 Å². The summed E-state index contributed by atoms with van der Waals surface area (Å²) in [6, 6.07) is 6.20. The summed E-state index contributed by atoms with van der Waals surface area (Å²) in [5, 5.41) is 2.98. The molecule has 0 amide bonds. The van der Waals surface area contributed by atoms with E-state index in [1.54, 1.807) is 0 Å². The minimum atomic E-state index is 0.955. The fraction of sp³-hybridized carbons (Fsp3) is 0.438. The number of benzene rings is 1. The molecular weight excluding hydrogens is 379 g/mol. The average molecular weight is 402 g/mol. The van der Waals surface area contributed by atoms with Crippen molar-refractivity contribution in [2.24, 2.45) is 0 Å². The van der Waals surface area contributed by atoms with Crippen molar-refractivity contribution in [3.63, 3.8) is 0 Å². The second kappa shape index (κ2) is 11.0. The van der Waals surface area contributed by atoms with E-state index >= 15 is 0 Å². The molecule has 0 fully saturated rings. The number of aromatic nitrogens is 2. The van der Waals surface area contributed by atoms with E-state index < -0.39 is 0 Å². The zero-order valence-corrected chi connectivity index (χ0v) is 16.1. The second-order valence-electron chi connectivity index (χ2n) is 3.41. The maximum absolute atomic E-state index is 4.54. The van der Waals surface area contributed by atoms with E-state index in [-0.39, 0.29) is 0 Å². The fourth-order valence-corrected chi connectivity index (χ4v) is 2.29. The molecule has 2 rings (SSSR count). The van der Waals surface area contributed by atoms with Crippen LogP contribution < -0.4 is 0 Å². The molecular formula is C16H23IN2S. The summed E-state index contributed by atoms with van der Waals surface area (Å²) in [5.74, 6) is 4.15. The van der Waals surface area contributed by atoms with Gasteiger partial charge in [0.15, 0.2) is 0 Å². The number of nitrogens with zero attached hydrogens (tertiary/aromatic N) is 2. The SMILES string of the molecule is CC.CC.CCn1c(C)nc2cc(C#CSI)ccc21. The van der Waals surface area contributed by atoms with E-state index in [4.69, 9.17) is 0 Å². The summed E-state index contributed by atoms with van der Waals surface area (Å²) in [5.41, 5.74) is 3.25. The third-order valence-corrected chi connectivity index (χ3v) is 3.33. The van der Waals surface area contributed by atoms with Crippen LogP contribution in [0.2, 0.25) is 0 Å². The van der Waals surface area contributed by atoms with Gasteiger partial charge in [0, 0.05) is 33.3 Å². The summed E-state index contributed by atoms with van der Waals surface area (Å²) in [4.78, 5) is 4.54. The molecule has 0 radical (unpaired) electrons. The van der Waals surface area contributed by atoms with Crippen molar-refractivity contribution < 1.29 is 0 Å². The van der Waals surface area contributed by atoms with Gasteiger partial charge in [-0.25, -0.2) is 4.98 Å². The topological polar surface area (TPSA) is 17.8 Å². The average Bonchev–Trinajstić information content (AvgIpc) is 2.83. The van der Waals surface area contributed by atoms with Gasteiger partial charge in [-0.2, -0.15) is 0 Å². The smallest absolute Gasteiger partial charge is 0.106 e. The molecule has 1 aromatic carbocycles. The lowest BCUT2D eigenvalue weighted by atomic mass is 10.2. The van der Waals surface area contributed by atoms with Gasteiger partial charge >= 0.3 is 0 Å². The van der Waals surface area contributed by atoms with E-state index in [1.165, 1.54) is 14.4 Å². The molecule has 0 aliphatic carbocycles. The largest absolute Gasteiger partial charge is 0.329 e. The van der Waals surface area contributed by atoms with Gasteiger partial charge < -0.3 is 4.57 Å². The van der Waals surface area contributed by atoms with Gasteiger partial charge in [0.05, 0.1) is 11.0 Å². The molecule has 0 bridgehead atoms. The molecule has 0 unspecified atom stereocenters. The third-order valence-electron chi connectivity index (χ3n) is 2.49. The quantitative estimate of drug-likeness (QED) is 0.443. The number of halogens is 1. The van der Waals surface area contributed by atoms with Crippen LogP contribution in [0.3, 0.4) is 0 Å². The first-order valence-corrected chi connectivity index (χ1v) is 10.4. The monoisotopic (exact) mass is 402 g/mol. The standard InChI is InChI=1S/C12H11IN2S.2C2H6/c1-3-15-9(2)14-11-8-10(6-7-16-13)4-5-12(11)15;2*1-2/h4-5,8H,3H2,1-2H3;2*1-2H3. The maximum Gasteiger partial charge on any atom is 0.106 e. The summed E-state index contributed by atoms with van der Waals surface area (Å²) in [7, 11) is 1.50. The molecule has 0 spiro atoms. The van der Waals surface area contributed by atoms with Crippen LogP contribution in [0.5, 0.6) is 0 Å². The predicted octanol–water partition coefficient (Wildman–Crippen LogP) is 5.81. The van der Waals surface area contributed by atoms with Crippen molar-refractivity contribution in [1.29, 1.82) is 0 Å². The zero-order chi connectivity index (χ0) is 15.5. The first-order valence-electron chi connectivity index (χ1n) is 7.01. The highest BCUT2D eigenvalue weighted by molar-refractivity contribution is 14.2. The number of fused-ring (bicyclic) bond motifs is 1. The lowest BCUT2D eigenvalue weighted by molar-refractivity contribution is 0.753. The lowest BCUT2D eigenvalue weighted by Gasteiger charge is -2.00. The van der Waals surface area contributed by atoms with Crippen LogP contribution in [0.4, 0.5) is 0 Å². The van der Waals surface area contributed by atoms with Crippen molar-refractivity contribution >= 4 is 41.2 Å². The van der Waals surface area contributed by atoms with Crippen molar-refractivity contribution in [2.45, 2.75) is 48.1 Å². The number of hydrogen-bond acceptors (Lipinski definition) is 2. The Morgan fingerprint density at radius 2 is 1.90 bits per heavy atom. The van der Waals surface area contributed by atoms with Crippen LogP contribution >= 0.6 is 30.1 Å². The summed E-state index contributed by atoms with van der Waals surface area (Å²) in [6.07, 6.45) is 0. The summed E-state index contributed by atoms with van der Waals surface area (Å²) < 4.78 is 2.21. The molecule has 110 valence electrons. The Bertz CT molecular complexity index is 579. The van der Waals surface area contributed by atoms with Crippen LogP contribution in [0, 0.1) is 18.1 Å². The maximum atomic E-state index is 4.54. The van der Waals surface area contributed by atoms with Crippen molar-refractivity contribution in [3.05, 3.63) is 29.6 Å². The Morgan fingerprint density at radius 3 is 2.45 bits per heavy atom. The number of hydrogen-bond donors (Lipinski definition) is 0. The normalized spacial score (nSPS) is 8.75. The zero-order valence-electron chi connectivity index (χ0n) is 13.1. The van der Waals surface area contributed by atoms with Crippen LogP contribution in [0.25, 0.3) is 11.0 Å². The molecule has 20 heavy (non-hydrogen) atoms. The van der Waals surface area contributed by atoms with Crippen LogP contribution in [-0.4, -0.2) is 9.55 Å². The Kier molecular flexibility index (Phi) is 10.7. The van der Waals surface area contributed by atoms with Gasteiger partial charge in [-0.05, 0) is 46.2 Å². The van der Waals surface area contributed by atoms with E-state index in [1.807, 2.05) is 40.7 Å². The van der Waals surface area contributed by atoms with Gasteiger partial charge in [-0.1, -0.05) is 33.6 Å². The van der Waals surface area contributed by atoms with Crippen LogP contribution in [0.15, 0.2) is 18.2 Å². The van der Waals surface area contributed by atoms with Crippen molar-refractivity contribution in [1.82, 2.24) is 9.55 Å². The summed E-state index contributed by atoms with van der Waals surface area (Å²) in [6.45, 7) is 13.1. The lowest BCUT2D eigenvalue weighted by Crippen LogP contribution is -1.95. The Morgan fingerprint density at radius 1 is 1.25 bits per heavy atom. The molecule has 0 aliphatic heterocycles. The Hall–Kier alpha value is -0.670. The molecule has 1 heterocycles. The molecule has 2 nitrogen and oxygen atoms in total. The first kappa shape index (κ1) is 19.3. The molecule has 0 N–H and O–H groups in total. The van der Waals surface area contributed by atoms with Gasteiger partial charge in [-0.3, -0.25) is 0 Å². The van der Waals surface area contributed by atoms with E-state index in [0.717, 1.165) is 23.4 Å². The van der Waals surface area contributed by atoms with Gasteiger partial charge in [-0.15, -0.1) is 0 Å². The Labute approximate surface area is 139 Å². The van der Waals surface area contributed by atoms with Crippen molar-refractivity contribution in [2.75, 3.05) is 0 Å². The second-order valence-corrected chi connectivity index (χ2v) is 5.09. The Balaban J connectivity index is 0.000000829. The fourth-order valence-electron chi connectivity index (χ4n) is 1.81. The number of aryl methyl sites for hydroxylation is 2. The third kappa shape index (κ3) is 5.02. The molecule has 0 atom stereocenters. The van der Waals surface area contributed by atoms with Gasteiger partial charge in [0.25, 0.3) is 0 Å². The first-order chi connectivity index (χ1) is 9.76. The summed E-state index contributed by atoms with van der Waals surface area (Å²) >= 11 is 2.17. The predicted molar refractivity (Wildman–Crippen MR) is 101 cm³/mol. The van der Waals surface area contributed by atoms with E-state index in [0.29, 0.717) is 0 Å². The van der Waals surface area contributed by atoms with E-state index in [2.05, 4.69) is 61.0 Å². The van der Waals surface area contributed by atoms with Gasteiger partial charge in [0.1, 0.15) is 5.82 Å². The number of rotatable bonds is 1. The van der Waals surface area contributed by atoms with Gasteiger partial charge in [0.2, 0.25) is 0 Å². The highest BCUT2D eigenvalue weighted by atomic mass is 127. The molecule has 2 aromatic rings. The molecule has 1 aromatic heterocycles. The van der Waals surface area contributed by atoms with Crippen LogP contribution in [0.1, 0.15) is 46.0 Å². The highest BCUT2D eigenvalue weighted by Gasteiger charge is 2.05. The molecule has 0 saturated carbocycles. The van der Waals surface area contributed by atoms with Crippen molar-refractivity contribution in [3.8, 4) is 11.2 Å². The molecule has 0 aliphatic rings. The number of imidazole rings is 1. The highest BCUT2D eigenvalue weighted by Crippen LogP contribution is 2.17. The molecule has 4 heteroatoms. The minimum Gasteiger partial charge on any atom is -0.329 e. The van der Waals surface area contributed by atoms with Crippen LogP contribution in [-0.2, 0) is 6.54 Å². The minimum absolute atomic E-state index is 0.955. The molecule has 0 saturated heterocycles.